The van der Waals surface area contributed by atoms with Crippen LogP contribution < -0.4 is 0 Å². The number of hydrogen-bond acceptors (Lipinski definition) is 3. The zero-order chi connectivity index (χ0) is 11.7. The molecule has 4 nitrogen and oxygen atoms in total. The molecule has 1 amide bonds. The van der Waals surface area contributed by atoms with E-state index >= 15 is 0 Å². The Bertz CT molecular complexity index is 395. The average molecular weight is 221 g/mol. The first-order chi connectivity index (χ1) is 7.65. The summed E-state index contributed by atoms with van der Waals surface area (Å²) in [4.78, 5) is 36.7. The predicted molar refractivity (Wildman–Crippen MR) is 57.5 cm³/mol. The molecule has 2 heterocycles. The van der Waals surface area contributed by atoms with E-state index in [9.17, 15) is 14.4 Å². The van der Waals surface area contributed by atoms with E-state index in [4.69, 9.17) is 0 Å². The summed E-state index contributed by atoms with van der Waals surface area (Å²) in [6.45, 7) is 2.36. The fraction of sp³-hybridized carbons (Fsp3) is 0.583. The first kappa shape index (κ1) is 11.0. The van der Waals surface area contributed by atoms with E-state index in [0.717, 1.165) is 6.42 Å². The quantitative estimate of drug-likeness (QED) is 0.673. The lowest BCUT2D eigenvalue weighted by Gasteiger charge is -2.25. The molecule has 0 spiro atoms. The Morgan fingerprint density at radius 1 is 1.25 bits per heavy atom. The van der Waals surface area contributed by atoms with Crippen molar-refractivity contribution in [2.24, 2.45) is 0 Å². The van der Waals surface area contributed by atoms with Gasteiger partial charge in [-0.15, -0.1) is 0 Å². The molecule has 0 aliphatic carbocycles. The molecule has 0 bridgehead atoms. The fourth-order valence-electron chi connectivity index (χ4n) is 2.33. The second kappa shape index (κ2) is 4.20. The Hall–Kier alpha value is -1.45. The van der Waals surface area contributed by atoms with E-state index in [-0.39, 0.29) is 17.5 Å². The van der Waals surface area contributed by atoms with Gasteiger partial charge in [-0.2, -0.15) is 0 Å². The third-order valence-electron chi connectivity index (χ3n) is 3.09. The van der Waals surface area contributed by atoms with E-state index in [1.807, 2.05) is 6.92 Å². The summed E-state index contributed by atoms with van der Waals surface area (Å²) in [5.74, 6) is -0.134. The molecule has 0 aromatic heterocycles. The Kier molecular flexibility index (Phi) is 2.90. The van der Waals surface area contributed by atoms with Crippen LogP contribution in [-0.4, -0.2) is 28.9 Å². The largest absolute Gasteiger partial charge is 0.315 e. The summed E-state index contributed by atoms with van der Waals surface area (Å²) >= 11 is 0. The Labute approximate surface area is 94.3 Å². The van der Waals surface area contributed by atoms with Crippen molar-refractivity contribution in [1.29, 1.82) is 0 Å². The normalized spacial score (nSPS) is 20.4. The van der Waals surface area contributed by atoms with Gasteiger partial charge in [0.15, 0.2) is 11.6 Å². The monoisotopic (exact) mass is 221 g/mol. The maximum atomic E-state index is 11.8. The number of carbonyl (C=O) groups is 3. The smallest absolute Gasteiger partial charge is 0.227 e. The van der Waals surface area contributed by atoms with E-state index in [1.165, 1.54) is 0 Å². The number of ketones is 2. The van der Waals surface area contributed by atoms with Gasteiger partial charge in [0.25, 0.3) is 0 Å². The number of carbonyl (C=O) groups excluding carboxylic acids is 3. The molecular weight excluding hydrogens is 206 g/mol. The van der Waals surface area contributed by atoms with Crippen molar-refractivity contribution in [1.82, 2.24) is 4.90 Å². The van der Waals surface area contributed by atoms with Crippen molar-refractivity contribution < 1.29 is 14.4 Å². The number of amides is 1. The zero-order valence-electron chi connectivity index (χ0n) is 9.41. The van der Waals surface area contributed by atoms with Crippen molar-refractivity contribution in [3.63, 3.8) is 0 Å². The van der Waals surface area contributed by atoms with Crippen LogP contribution in [0.15, 0.2) is 11.3 Å². The molecule has 86 valence electrons. The lowest BCUT2D eigenvalue weighted by Crippen LogP contribution is -2.34. The van der Waals surface area contributed by atoms with Crippen molar-refractivity contribution >= 4 is 17.5 Å². The molecule has 2 aliphatic rings. The van der Waals surface area contributed by atoms with E-state index in [1.54, 1.807) is 4.90 Å². The maximum absolute atomic E-state index is 11.8. The standard InChI is InChI=1S/C12H15NO3/c1-2-3-9(14)12-8-4-5-11(16)13(8)7-6-10(12)15/h2-7H2,1H3. The van der Waals surface area contributed by atoms with Crippen LogP contribution in [0.4, 0.5) is 0 Å². The van der Waals surface area contributed by atoms with Gasteiger partial charge >= 0.3 is 0 Å². The van der Waals surface area contributed by atoms with Crippen LogP contribution in [0.3, 0.4) is 0 Å². The van der Waals surface area contributed by atoms with Gasteiger partial charge in [-0.25, -0.2) is 0 Å². The lowest BCUT2D eigenvalue weighted by molar-refractivity contribution is -0.128. The molecule has 0 saturated carbocycles. The third-order valence-corrected chi connectivity index (χ3v) is 3.09. The number of Topliss-reactive ketones (excluding diaryl/α,β-unsaturated/α-hetero) is 2. The molecule has 0 atom stereocenters. The highest BCUT2D eigenvalue weighted by molar-refractivity contribution is 6.21. The Balaban J connectivity index is 2.37. The molecule has 2 rings (SSSR count). The number of allylic oxidation sites excluding steroid dienone is 2. The molecule has 0 N–H and O–H groups in total. The van der Waals surface area contributed by atoms with Crippen LogP contribution in [0, 0.1) is 0 Å². The molecule has 1 fully saturated rings. The van der Waals surface area contributed by atoms with Crippen molar-refractivity contribution in [3.8, 4) is 0 Å². The molecule has 0 radical (unpaired) electrons. The summed E-state index contributed by atoms with van der Waals surface area (Å²) in [6, 6.07) is 0. The average Bonchev–Trinajstić information content (AvgIpc) is 2.60. The molecule has 0 aromatic rings. The first-order valence-electron chi connectivity index (χ1n) is 5.75. The number of hydrogen-bond donors (Lipinski definition) is 0. The molecule has 0 aromatic carbocycles. The van der Waals surface area contributed by atoms with Crippen molar-refractivity contribution in [3.05, 3.63) is 11.3 Å². The highest BCUT2D eigenvalue weighted by Crippen LogP contribution is 2.31. The van der Waals surface area contributed by atoms with Gasteiger partial charge in [-0.05, 0) is 12.8 Å². The van der Waals surface area contributed by atoms with Gasteiger partial charge < -0.3 is 4.90 Å². The Morgan fingerprint density at radius 2 is 2.00 bits per heavy atom. The van der Waals surface area contributed by atoms with Gasteiger partial charge in [0, 0.05) is 31.5 Å². The molecule has 0 unspecified atom stereocenters. The van der Waals surface area contributed by atoms with Gasteiger partial charge in [0.2, 0.25) is 5.91 Å². The SMILES string of the molecule is CCCC(=O)C1=C2CCC(=O)N2CCC1=O. The van der Waals surface area contributed by atoms with Crippen LogP contribution in [-0.2, 0) is 14.4 Å². The summed E-state index contributed by atoms with van der Waals surface area (Å²) in [5.41, 5.74) is 0.985. The third kappa shape index (κ3) is 1.68. The van der Waals surface area contributed by atoms with Crippen LogP contribution in [0.1, 0.15) is 39.0 Å². The zero-order valence-corrected chi connectivity index (χ0v) is 9.41. The van der Waals surface area contributed by atoms with Gasteiger partial charge in [0.1, 0.15) is 0 Å². The van der Waals surface area contributed by atoms with Gasteiger partial charge in [-0.1, -0.05) is 6.92 Å². The van der Waals surface area contributed by atoms with Crippen molar-refractivity contribution in [2.45, 2.75) is 39.0 Å². The maximum Gasteiger partial charge on any atom is 0.227 e. The highest BCUT2D eigenvalue weighted by atomic mass is 16.2. The summed E-state index contributed by atoms with van der Waals surface area (Å²) in [6.07, 6.45) is 2.41. The van der Waals surface area contributed by atoms with Gasteiger partial charge in [-0.3, -0.25) is 14.4 Å². The molecule has 4 heteroatoms. The summed E-state index contributed by atoms with van der Waals surface area (Å²) < 4.78 is 0. The fourth-order valence-corrected chi connectivity index (χ4v) is 2.33. The van der Waals surface area contributed by atoms with Gasteiger partial charge in [0.05, 0.1) is 5.57 Å². The van der Waals surface area contributed by atoms with Crippen molar-refractivity contribution in [2.75, 3.05) is 6.54 Å². The van der Waals surface area contributed by atoms with Crippen LogP contribution in [0.25, 0.3) is 0 Å². The number of nitrogens with zero attached hydrogens (tertiary/aromatic N) is 1. The van der Waals surface area contributed by atoms with E-state index < -0.39 is 0 Å². The minimum atomic E-state index is -0.0955. The minimum absolute atomic E-state index is 0.0456. The predicted octanol–water partition coefficient (Wildman–Crippen LogP) is 1.20. The Morgan fingerprint density at radius 3 is 2.69 bits per heavy atom. The molecule has 2 aliphatic heterocycles. The van der Waals surface area contributed by atoms with Crippen LogP contribution >= 0.6 is 0 Å². The van der Waals surface area contributed by atoms with Crippen LogP contribution in [0.2, 0.25) is 0 Å². The molecule has 16 heavy (non-hydrogen) atoms. The lowest BCUT2D eigenvalue weighted by atomic mass is 9.95. The molecule has 1 saturated heterocycles. The second-order valence-electron chi connectivity index (χ2n) is 4.21. The van der Waals surface area contributed by atoms with E-state index in [0.29, 0.717) is 43.5 Å². The number of fused-ring (bicyclic) bond motifs is 1. The molecular formula is C12H15NO3. The second-order valence-corrected chi connectivity index (χ2v) is 4.21. The highest BCUT2D eigenvalue weighted by Gasteiger charge is 2.36. The summed E-state index contributed by atoms with van der Waals surface area (Å²) in [5, 5.41) is 0. The minimum Gasteiger partial charge on any atom is -0.315 e. The number of rotatable bonds is 3. The first-order valence-corrected chi connectivity index (χ1v) is 5.75. The topological polar surface area (TPSA) is 54.5 Å². The van der Waals surface area contributed by atoms with E-state index in [2.05, 4.69) is 0 Å². The summed E-state index contributed by atoms with van der Waals surface area (Å²) in [7, 11) is 0. The van der Waals surface area contributed by atoms with Crippen LogP contribution in [0.5, 0.6) is 0 Å².